The van der Waals surface area contributed by atoms with Crippen molar-refractivity contribution in [3.63, 3.8) is 0 Å². The maximum absolute atomic E-state index is 5.83. The number of H-pyrrole nitrogens is 1. The van der Waals surface area contributed by atoms with Gasteiger partial charge in [0.25, 0.3) is 0 Å². The normalized spacial score (nSPS) is 10.9. The summed E-state index contributed by atoms with van der Waals surface area (Å²) < 4.78 is 0. The van der Waals surface area contributed by atoms with Crippen LogP contribution in [0, 0.1) is 6.92 Å². The van der Waals surface area contributed by atoms with Crippen molar-refractivity contribution >= 4 is 28.2 Å². The third-order valence-corrected chi connectivity index (χ3v) is 3.54. The van der Waals surface area contributed by atoms with Crippen LogP contribution in [0.2, 0.25) is 0 Å². The molecule has 3 aromatic heterocycles. The van der Waals surface area contributed by atoms with E-state index in [4.69, 9.17) is 5.73 Å². The first-order valence-electron chi connectivity index (χ1n) is 7.32. The number of nitrogens with zero attached hydrogens (tertiary/aromatic N) is 5. The Morgan fingerprint density at radius 2 is 2.00 bits per heavy atom. The fourth-order valence-electron chi connectivity index (χ4n) is 2.53. The zero-order valence-electron chi connectivity index (χ0n) is 12.9. The van der Waals surface area contributed by atoms with Crippen LogP contribution in [0.3, 0.4) is 0 Å². The summed E-state index contributed by atoms with van der Waals surface area (Å²) in [6.45, 7) is 1.79. The Bertz CT molecular complexity index is 1000. The maximum atomic E-state index is 5.83. The van der Waals surface area contributed by atoms with Gasteiger partial charge in [0.1, 0.15) is 17.3 Å². The van der Waals surface area contributed by atoms with E-state index in [2.05, 4.69) is 35.5 Å². The van der Waals surface area contributed by atoms with Crippen LogP contribution in [-0.4, -0.2) is 30.1 Å². The van der Waals surface area contributed by atoms with Gasteiger partial charge in [-0.1, -0.05) is 6.07 Å². The molecule has 4 N–H and O–H groups in total. The molecule has 0 aliphatic heterocycles. The highest BCUT2D eigenvalue weighted by Crippen LogP contribution is 2.29. The number of hydrogen-bond donors (Lipinski definition) is 3. The van der Waals surface area contributed by atoms with E-state index in [0.29, 0.717) is 28.8 Å². The number of rotatable bonds is 3. The second-order valence-electron chi connectivity index (χ2n) is 5.24. The average molecular weight is 318 g/mol. The number of anilines is 3. The van der Waals surface area contributed by atoms with E-state index in [0.717, 1.165) is 16.6 Å². The Kier molecular flexibility index (Phi) is 3.27. The van der Waals surface area contributed by atoms with E-state index in [-0.39, 0.29) is 0 Å². The second-order valence-corrected chi connectivity index (χ2v) is 5.24. The molecule has 0 aliphatic rings. The molecule has 0 amide bonds. The molecule has 118 valence electrons. The highest BCUT2D eigenvalue weighted by Gasteiger charge is 2.12. The molecule has 0 bridgehead atoms. The fraction of sp³-hybridized carbons (Fsp3) is 0.0625. The van der Waals surface area contributed by atoms with Gasteiger partial charge in [-0.3, -0.25) is 5.10 Å². The molecule has 8 heteroatoms. The van der Waals surface area contributed by atoms with E-state index in [1.54, 1.807) is 31.6 Å². The number of nitrogens with one attached hydrogen (secondary N) is 2. The lowest BCUT2D eigenvalue weighted by Crippen LogP contribution is -2.02. The van der Waals surface area contributed by atoms with Crippen LogP contribution in [0.25, 0.3) is 22.3 Å². The van der Waals surface area contributed by atoms with Crippen LogP contribution < -0.4 is 11.1 Å². The van der Waals surface area contributed by atoms with Gasteiger partial charge >= 0.3 is 0 Å². The van der Waals surface area contributed by atoms with E-state index in [1.807, 2.05) is 18.2 Å². The zero-order chi connectivity index (χ0) is 16.5. The molecule has 0 radical (unpaired) electrons. The van der Waals surface area contributed by atoms with Crippen LogP contribution >= 0.6 is 0 Å². The van der Waals surface area contributed by atoms with Gasteiger partial charge in [-0.15, -0.1) is 0 Å². The smallest absolute Gasteiger partial charge is 0.158 e. The summed E-state index contributed by atoms with van der Waals surface area (Å²) >= 11 is 0. The standard InChI is InChI=1S/C16H14N8/c1-9-21-13(7-14(17)22-9)15-16(19-6-5-18-15)23-11-3-2-4-12-10(11)8-20-24-12/h2-8H,1H3,(H,19,23)(H,20,24)(H2,17,21,22). The number of nitrogens with two attached hydrogens (primary N) is 1. The molecule has 0 fully saturated rings. The lowest BCUT2D eigenvalue weighted by molar-refractivity contribution is 1.05. The van der Waals surface area contributed by atoms with Crippen LogP contribution in [0.1, 0.15) is 5.82 Å². The van der Waals surface area contributed by atoms with Crippen molar-refractivity contribution in [2.24, 2.45) is 0 Å². The molecule has 0 aliphatic carbocycles. The van der Waals surface area contributed by atoms with Crippen molar-refractivity contribution in [3.05, 3.63) is 48.7 Å². The number of nitrogen functional groups attached to an aromatic ring is 1. The largest absolute Gasteiger partial charge is 0.384 e. The van der Waals surface area contributed by atoms with Crippen LogP contribution in [0.15, 0.2) is 42.9 Å². The number of benzene rings is 1. The average Bonchev–Trinajstić information content (AvgIpc) is 3.04. The fourth-order valence-corrected chi connectivity index (χ4v) is 2.53. The Hall–Kier alpha value is -3.55. The van der Waals surface area contributed by atoms with Gasteiger partial charge in [0.15, 0.2) is 5.82 Å². The molecule has 24 heavy (non-hydrogen) atoms. The molecular formula is C16H14N8. The third-order valence-electron chi connectivity index (χ3n) is 3.54. The minimum atomic E-state index is 0.394. The minimum absolute atomic E-state index is 0.394. The van der Waals surface area contributed by atoms with Crippen molar-refractivity contribution in [1.29, 1.82) is 0 Å². The van der Waals surface area contributed by atoms with E-state index in [9.17, 15) is 0 Å². The highest BCUT2D eigenvalue weighted by molar-refractivity contribution is 5.93. The summed E-state index contributed by atoms with van der Waals surface area (Å²) in [6.07, 6.45) is 5.01. The molecule has 0 spiro atoms. The first-order chi connectivity index (χ1) is 11.7. The summed E-state index contributed by atoms with van der Waals surface area (Å²) in [5.41, 5.74) is 8.87. The van der Waals surface area contributed by atoms with Crippen molar-refractivity contribution in [2.75, 3.05) is 11.1 Å². The Morgan fingerprint density at radius 3 is 2.88 bits per heavy atom. The summed E-state index contributed by atoms with van der Waals surface area (Å²) in [4.78, 5) is 17.3. The summed E-state index contributed by atoms with van der Waals surface area (Å²) in [5.74, 6) is 1.56. The van der Waals surface area contributed by atoms with Gasteiger partial charge in [-0.05, 0) is 19.1 Å². The summed E-state index contributed by atoms with van der Waals surface area (Å²) in [6, 6.07) is 7.53. The van der Waals surface area contributed by atoms with Gasteiger partial charge in [-0.25, -0.2) is 19.9 Å². The SMILES string of the molecule is Cc1nc(N)cc(-c2nccnc2Nc2cccc3[nH]ncc23)n1. The molecule has 0 unspecified atom stereocenters. The number of aromatic nitrogens is 6. The van der Waals surface area contributed by atoms with Crippen molar-refractivity contribution in [3.8, 4) is 11.4 Å². The van der Waals surface area contributed by atoms with E-state index >= 15 is 0 Å². The molecular weight excluding hydrogens is 304 g/mol. The zero-order valence-corrected chi connectivity index (χ0v) is 12.9. The number of fused-ring (bicyclic) bond motifs is 1. The van der Waals surface area contributed by atoms with Crippen LogP contribution in [0.4, 0.5) is 17.3 Å². The monoisotopic (exact) mass is 318 g/mol. The lowest BCUT2D eigenvalue weighted by Gasteiger charge is -2.11. The third kappa shape index (κ3) is 2.50. The minimum Gasteiger partial charge on any atom is -0.384 e. The molecule has 0 saturated carbocycles. The van der Waals surface area contributed by atoms with E-state index in [1.165, 1.54) is 0 Å². The lowest BCUT2D eigenvalue weighted by atomic mass is 10.2. The highest BCUT2D eigenvalue weighted by atomic mass is 15.1. The Balaban J connectivity index is 1.81. The first-order valence-corrected chi connectivity index (χ1v) is 7.32. The Labute approximate surface area is 137 Å². The van der Waals surface area contributed by atoms with Gasteiger partial charge in [0.05, 0.1) is 23.1 Å². The Morgan fingerprint density at radius 1 is 1.12 bits per heavy atom. The van der Waals surface area contributed by atoms with Crippen molar-refractivity contribution in [1.82, 2.24) is 30.1 Å². The predicted molar refractivity (Wildman–Crippen MR) is 91.6 cm³/mol. The molecule has 0 saturated heterocycles. The molecule has 8 nitrogen and oxygen atoms in total. The quantitative estimate of drug-likeness (QED) is 0.531. The number of hydrogen-bond acceptors (Lipinski definition) is 7. The van der Waals surface area contributed by atoms with Gasteiger partial charge < -0.3 is 11.1 Å². The van der Waals surface area contributed by atoms with Crippen molar-refractivity contribution < 1.29 is 0 Å². The number of aromatic amines is 1. The second kappa shape index (κ2) is 5.58. The summed E-state index contributed by atoms with van der Waals surface area (Å²) in [7, 11) is 0. The first kappa shape index (κ1) is 14.1. The maximum Gasteiger partial charge on any atom is 0.158 e. The van der Waals surface area contributed by atoms with E-state index < -0.39 is 0 Å². The van der Waals surface area contributed by atoms with Crippen molar-refractivity contribution in [2.45, 2.75) is 6.92 Å². The molecule has 0 atom stereocenters. The van der Waals surface area contributed by atoms with Crippen LogP contribution in [-0.2, 0) is 0 Å². The number of aryl methyl sites for hydroxylation is 1. The topological polar surface area (TPSA) is 118 Å². The molecule has 1 aromatic carbocycles. The van der Waals surface area contributed by atoms with Gasteiger partial charge in [0.2, 0.25) is 0 Å². The van der Waals surface area contributed by atoms with Gasteiger partial charge in [-0.2, -0.15) is 5.10 Å². The van der Waals surface area contributed by atoms with Gasteiger partial charge in [0, 0.05) is 23.8 Å². The van der Waals surface area contributed by atoms with Crippen LogP contribution in [0.5, 0.6) is 0 Å². The summed E-state index contributed by atoms with van der Waals surface area (Å²) in [5, 5.41) is 11.3. The molecule has 3 heterocycles. The predicted octanol–water partition coefficient (Wildman–Crippen LogP) is 2.44. The molecule has 4 rings (SSSR count). The molecule has 4 aromatic rings.